The van der Waals surface area contributed by atoms with Gasteiger partial charge in [0.15, 0.2) is 5.65 Å². The molecule has 1 aliphatic heterocycles. The Labute approximate surface area is 223 Å². The van der Waals surface area contributed by atoms with E-state index in [0.29, 0.717) is 46.6 Å². The van der Waals surface area contributed by atoms with Crippen LogP contribution in [0.1, 0.15) is 73.1 Å². The van der Waals surface area contributed by atoms with E-state index in [1.807, 2.05) is 20.8 Å². The predicted molar refractivity (Wildman–Crippen MR) is 138 cm³/mol. The number of aliphatic hydroxyl groups is 3. The lowest BCUT2D eigenvalue weighted by Gasteiger charge is -2.30. The van der Waals surface area contributed by atoms with Crippen LogP contribution >= 0.6 is 0 Å². The van der Waals surface area contributed by atoms with Gasteiger partial charge in [-0.2, -0.15) is 13.2 Å². The summed E-state index contributed by atoms with van der Waals surface area (Å²) >= 11 is 0. The van der Waals surface area contributed by atoms with Crippen molar-refractivity contribution in [1.29, 1.82) is 0 Å². The summed E-state index contributed by atoms with van der Waals surface area (Å²) in [6.07, 6.45) is -5.72. The van der Waals surface area contributed by atoms with Crippen molar-refractivity contribution in [1.82, 2.24) is 24.5 Å². The topological polar surface area (TPSA) is 143 Å². The number of fused-ring (bicyclic) bond motifs is 1. The monoisotopic (exact) mass is 553 g/mol. The number of pyridine rings is 1. The molecule has 0 aromatic carbocycles. The van der Waals surface area contributed by atoms with Gasteiger partial charge < -0.3 is 20.1 Å². The van der Waals surface area contributed by atoms with Crippen molar-refractivity contribution in [2.45, 2.75) is 77.7 Å². The van der Waals surface area contributed by atoms with Crippen molar-refractivity contribution >= 4 is 11.2 Å². The van der Waals surface area contributed by atoms with Crippen LogP contribution in [0.15, 0.2) is 36.3 Å². The molecule has 10 nitrogen and oxygen atoms in total. The van der Waals surface area contributed by atoms with E-state index in [1.54, 1.807) is 6.07 Å². The minimum atomic E-state index is -3.95. The molecule has 0 saturated carbocycles. The van der Waals surface area contributed by atoms with Crippen LogP contribution in [0.3, 0.4) is 0 Å². The molecule has 0 bridgehead atoms. The molecule has 13 heteroatoms. The molecule has 2 unspecified atom stereocenters. The van der Waals surface area contributed by atoms with E-state index in [-0.39, 0.29) is 12.3 Å². The van der Waals surface area contributed by atoms with E-state index in [2.05, 4.69) is 33.1 Å². The number of ether oxygens (including phenoxy) is 1. The highest BCUT2D eigenvalue weighted by atomic mass is 19.4. The third-order valence-electron chi connectivity index (χ3n) is 5.95. The maximum absolute atomic E-state index is 11.8. The van der Waals surface area contributed by atoms with Crippen molar-refractivity contribution in [3.05, 3.63) is 70.3 Å². The average molecular weight is 554 g/mol. The maximum atomic E-state index is 11.8. The van der Waals surface area contributed by atoms with Crippen LogP contribution in [0.2, 0.25) is 0 Å². The van der Waals surface area contributed by atoms with Gasteiger partial charge in [-0.15, -0.1) is 13.2 Å². The first-order valence-corrected chi connectivity index (χ1v) is 12.3. The molecule has 4 rings (SSSR count). The Morgan fingerprint density at radius 1 is 1.03 bits per heavy atom. The number of alkyl halides is 3. The molecule has 2 atom stereocenters. The smallest absolute Gasteiger partial charge is 0.373 e. The van der Waals surface area contributed by atoms with E-state index >= 15 is 0 Å². The van der Waals surface area contributed by atoms with Crippen LogP contribution in [-0.2, 0) is 10.8 Å². The van der Waals surface area contributed by atoms with Crippen molar-refractivity contribution in [2.75, 3.05) is 6.61 Å². The lowest BCUT2D eigenvalue weighted by atomic mass is 9.91. The molecule has 1 fully saturated rings. The molecule has 0 spiro atoms. The van der Waals surface area contributed by atoms with Gasteiger partial charge >= 0.3 is 12.3 Å². The van der Waals surface area contributed by atoms with E-state index in [0.717, 1.165) is 23.1 Å². The van der Waals surface area contributed by atoms with Crippen molar-refractivity contribution in [2.24, 2.45) is 0 Å². The number of nitrogens with zero attached hydrogens (tertiary/aromatic N) is 5. The Balaban J connectivity index is 0.000000517. The minimum Gasteiger partial charge on any atom is -0.373 e. The van der Waals surface area contributed by atoms with Gasteiger partial charge in [-0.3, -0.25) is 4.79 Å². The van der Waals surface area contributed by atoms with Crippen LogP contribution in [0, 0.1) is 20.8 Å². The molecule has 39 heavy (non-hydrogen) atoms. The second-order valence-electron chi connectivity index (χ2n) is 8.95. The summed E-state index contributed by atoms with van der Waals surface area (Å²) in [5.41, 5.74) is 3.44. The molecule has 1 saturated heterocycles. The van der Waals surface area contributed by atoms with Gasteiger partial charge in [0.1, 0.15) is 11.3 Å². The summed E-state index contributed by atoms with van der Waals surface area (Å²) < 4.78 is 39.4. The fraction of sp³-hybridized carbons (Fsp3) is 0.500. The van der Waals surface area contributed by atoms with Crippen LogP contribution in [0.4, 0.5) is 13.2 Å². The van der Waals surface area contributed by atoms with Gasteiger partial charge in [0.05, 0.1) is 23.2 Å². The minimum absolute atomic E-state index is 0.0160. The van der Waals surface area contributed by atoms with Gasteiger partial charge in [-0.05, 0) is 51.7 Å². The summed E-state index contributed by atoms with van der Waals surface area (Å²) in [6, 6.07) is 2.69. The summed E-state index contributed by atoms with van der Waals surface area (Å²) in [5, 5.41) is 28.2. The number of aryl methyl sites for hydroxylation is 3. The van der Waals surface area contributed by atoms with E-state index in [4.69, 9.17) is 4.74 Å². The Bertz CT molecular complexity index is 1320. The SMILES string of the molecule is C=C.CCCC(F)(F)F.Cc1nc2nc(C3CCOC(c4ccc(=O)n(C(O)(O)O)c4)C3)nc(C)c2nc1C. The highest BCUT2D eigenvalue weighted by Gasteiger charge is 2.30. The van der Waals surface area contributed by atoms with E-state index in [9.17, 15) is 33.3 Å². The average Bonchev–Trinajstić information content (AvgIpc) is 2.86. The maximum Gasteiger partial charge on any atom is 0.389 e. The third kappa shape index (κ3) is 8.62. The van der Waals surface area contributed by atoms with Gasteiger partial charge in [0.2, 0.25) is 0 Å². The van der Waals surface area contributed by atoms with Gasteiger partial charge in [0.25, 0.3) is 5.56 Å². The normalized spacial score (nSPS) is 17.6. The second-order valence-corrected chi connectivity index (χ2v) is 8.95. The fourth-order valence-corrected chi connectivity index (χ4v) is 3.93. The largest absolute Gasteiger partial charge is 0.389 e. The van der Waals surface area contributed by atoms with Crippen LogP contribution < -0.4 is 5.56 Å². The van der Waals surface area contributed by atoms with Gasteiger partial charge in [-0.1, -0.05) is 6.92 Å². The molecule has 4 heterocycles. The Hall–Kier alpha value is -3.26. The zero-order valence-electron chi connectivity index (χ0n) is 22.4. The number of halogens is 3. The summed E-state index contributed by atoms with van der Waals surface area (Å²) in [5.74, 6) is 0.637. The molecule has 3 aromatic rings. The Morgan fingerprint density at radius 2 is 1.67 bits per heavy atom. The van der Waals surface area contributed by atoms with Crippen molar-refractivity contribution in [3.63, 3.8) is 0 Å². The van der Waals surface area contributed by atoms with E-state index in [1.165, 1.54) is 13.1 Å². The number of hydrogen-bond donors (Lipinski definition) is 3. The fourth-order valence-electron chi connectivity index (χ4n) is 3.93. The van der Waals surface area contributed by atoms with Crippen molar-refractivity contribution < 1.29 is 33.2 Å². The van der Waals surface area contributed by atoms with Crippen LogP contribution in [0.5, 0.6) is 0 Å². The molecule has 214 valence electrons. The number of rotatable bonds is 4. The Morgan fingerprint density at radius 3 is 2.23 bits per heavy atom. The zero-order chi connectivity index (χ0) is 29.5. The lowest BCUT2D eigenvalue weighted by Crippen LogP contribution is -2.40. The predicted octanol–water partition coefficient (Wildman–Crippen LogP) is 3.84. The third-order valence-corrected chi connectivity index (χ3v) is 5.95. The highest BCUT2D eigenvalue weighted by Crippen LogP contribution is 2.36. The quantitative estimate of drug-likeness (QED) is 0.324. The molecule has 1 aliphatic rings. The molecule has 0 amide bonds. The summed E-state index contributed by atoms with van der Waals surface area (Å²) in [4.78, 5) is 30.2. The number of hydrogen-bond acceptors (Lipinski definition) is 9. The van der Waals surface area contributed by atoms with Gasteiger partial charge in [-0.25, -0.2) is 24.5 Å². The molecular formula is C26H34F3N5O5. The highest BCUT2D eigenvalue weighted by molar-refractivity contribution is 5.72. The Kier molecular flexibility index (Phi) is 10.8. The molecule has 3 aromatic heterocycles. The first kappa shape index (κ1) is 32.0. The molecular weight excluding hydrogens is 519 g/mol. The van der Waals surface area contributed by atoms with Crippen LogP contribution in [-0.4, -0.2) is 52.6 Å². The molecule has 0 aliphatic carbocycles. The first-order valence-electron chi connectivity index (χ1n) is 12.3. The second kappa shape index (κ2) is 13.2. The van der Waals surface area contributed by atoms with Crippen molar-refractivity contribution in [3.8, 4) is 0 Å². The van der Waals surface area contributed by atoms with E-state index < -0.39 is 30.4 Å². The van der Waals surface area contributed by atoms with Gasteiger partial charge in [0, 0.05) is 31.2 Å². The first-order chi connectivity index (χ1) is 18.2. The molecule has 0 radical (unpaired) electrons. The summed E-state index contributed by atoms with van der Waals surface area (Å²) in [7, 11) is 0. The molecule has 3 N–H and O–H groups in total. The zero-order valence-corrected chi connectivity index (χ0v) is 22.4. The standard InChI is InChI=1S/C20H23N5O5.C4H7F3.C2H4/c1-10-11(2)22-19-17(21-10)12(3)23-18(24-19)13-6-7-30-15(8-13)14-4-5-16(26)25(9-14)20(27,28)29;1-2-3-4(5,6)7;1-2/h4-5,9,13,15,27-29H,6-8H2,1-3H3;2-3H2,1H3;1-2H2. The van der Waals surface area contributed by atoms with Crippen LogP contribution in [0.25, 0.3) is 11.2 Å². The lowest BCUT2D eigenvalue weighted by molar-refractivity contribution is -0.377. The number of aromatic nitrogens is 5. The summed E-state index contributed by atoms with van der Waals surface area (Å²) in [6.45, 7) is 13.6.